The minimum Gasteiger partial charge on any atom is -0.478 e. The van der Waals surface area contributed by atoms with Gasteiger partial charge in [0.1, 0.15) is 5.92 Å². The Hall–Kier alpha value is -5.64. The van der Waals surface area contributed by atoms with Crippen molar-refractivity contribution in [1.82, 2.24) is 15.0 Å². The zero-order valence-corrected chi connectivity index (χ0v) is 20.3. The van der Waals surface area contributed by atoms with Crippen molar-refractivity contribution >= 4 is 51.6 Å². The number of anilines is 2. The molecule has 0 aliphatic carbocycles. The number of rotatable bonds is 6. The van der Waals surface area contributed by atoms with E-state index in [1.807, 2.05) is 30.3 Å². The number of carbonyl (C=O) groups excluding carboxylic acids is 2. The lowest BCUT2D eigenvalue weighted by Crippen LogP contribution is -2.22. The number of hydrogen-bond acceptors (Lipinski definition) is 6. The summed E-state index contributed by atoms with van der Waals surface area (Å²) in [5.41, 5.74) is 4.91. The molecule has 10 nitrogen and oxygen atoms in total. The molecule has 3 heterocycles. The highest BCUT2D eigenvalue weighted by molar-refractivity contribution is 6.24. The van der Waals surface area contributed by atoms with E-state index in [2.05, 4.69) is 25.6 Å². The molecule has 0 spiro atoms. The first kappa shape index (κ1) is 23.7. The van der Waals surface area contributed by atoms with E-state index in [0.717, 1.165) is 5.52 Å². The summed E-state index contributed by atoms with van der Waals surface area (Å²) < 4.78 is 0. The summed E-state index contributed by atoms with van der Waals surface area (Å²) in [5.74, 6) is -2.29. The predicted molar refractivity (Wildman–Crippen MR) is 146 cm³/mol. The number of amides is 2. The molecule has 6 rings (SSSR count). The van der Waals surface area contributed by atoms with Gasteiger partial charge in [0.25, 0.3) is 5.91 Å². The standard InChI is InChI=1S/C29H20N6O4/c36-27-24(25(17-4-3-13-30-15-17)31-18-9-7-16(8-10-18)29(38)39)20-12-11-19(14-23(20)35-27)32-28(37)26-33-21-5-1-2-6-22(21)34-26/h1-15,24H,(H,32,37)(H,33,34)(H,35,36)(H,38,39). The number of aromatic carboxylic acids is 1. The summed E-state index contributed by atoms with van der Waals surface area (Å²) >= 11 is 0. The van der Waals surface area contributed by atoms with E-state index in [9.17, 15) is 19.5 Å². The highest BCUT2D eigenvalue weighted by Crippen LogP contribution is 2.38. The second-order valence-electron chi connectivity index (χ2n) is 8.87. The van der Waals surface area contributed by atoms with Crippen molar-refractivity contribution in [2.75, 3.05) is 10.6 Å². The van der Waals surface area contributed by atoms with Crippen LogP contribution in [0.15, 0.2) is 96.2 Å². The summed E-state index contributed by atoms with van der Waals surface area (Å²) in [6.07, 6.45) is 3.25. The number of imidazole rings is 1. The highest BCUT2D eigenvalue weighted by atomic mass is 16.4. The maximum atomic E-state index is 13.2. The minimum atomic E-state index is -1.04. The molecule has 1 atom stereocenters. The van der Waals surface area contributed by atoms with Gasteiger partial charge in [0.05, 0.1) is 28.0 Å². The van der Waals surface area contributed by atoms with Crippen LogP contribution >= 0.6 is 0 Å². The van der Waals surface area contributed by atoms with Crippen molar-refractivity contribution in [3.8, 4) is 0 Å². The smallest absolute Gasteiger partial charge is 0.335 e. The van der Waals surface area contributed by atoms with E-state index in [0.29, 0.717) is 39.4 Å². The topological polar surface area (TPSA) is 149 Å². The summed E-state index contributed by atoms with van der Waals surface area (Å²) in [7, 11) is 0. The van der Waals surface area contributed by atoms with Crippen LogP contribution in [0.25, 0.3) is 11.0 Å². The molecule has 0 radical (unpaired) electrons. The number of H-pyrrole nitrogens is 1. The summed E-state index contributed by atoms with van der Waals surface area (Å²) in [4.78, 5) is 53.5. The normalized spacial score (nSPS) is 14.6. The number of pyridine rings is 1. The monoisotopic (exact) mass is 516 g/mol. The molecular weight excluding hydrogens is 496 g/mol. The molecule has 2 aromatic heterocycles. The van der Waals surface area contributed by atoms with Crippen LogP contribution in [0.5, 0.6) is 0 Å². The van der Waals surface area contributed by atoms with Gasteiger partial charge in [0.15, 0.2) is 5.82 Å². The number of nitrogens with zero attached hydrogens (tertiary/aromatic N) is 3. The molecule has 0 fully saturated rings. The van der Waals surface area contributed by atoms with E-state index in [-0.39, 0.29) is 17.3 Å². The van der Waals surface area contributed by atoms with Gasteiger partial charge in [-0.25, -0.2) is 9.78 Å². The molecule has 39 heavy (non-hydrogen) atoms. The number of carbonyl (C=O) groups is 3. The average molecular weight is 517 g/mol. The fourth-order valence-electron chi connectivity index (χ4n) is 4.49. The van der Waals surface area contributed by atoms with Crippen LogP contribution in [-0.4, -0.2) is 43.6 Å². The van der Waals surface area contributed by atoms with Crippen LogP contribution in [0.4, 0.5) is 17.1 Å². The van der Waals surface area contributed by atoms with Gasteiger partial charge in [-0.1, -0.05) is 24.3 Å². The number of fused-ring (bicyclic) bond motifs is 2. The van der Waals surface area contributed by atoms with Gasteiger partial charge in [-0.3, -0.25) is 19.6 Å². The van der Waals surface area contributed by atoms with Crippen molar-refractivity contribution in [3.05, 3.63) is 114 Å². The van der Waals surface area contributed by atoms with E-state index < -0.39 is 17.8 Å². The minimum absolute atomic E-state index is 0.137. The number of carboxylic acid groups (broad SMARTS) is 1. The van der Waals surface area contributed by atoms with E-state index in [1.54, 1.807) is 48.8 Å². The van der Waals surface area contributed by atoms with Gasteiger partial charge >= 0.3 is 5.97 Å². The van der Waals surface area contributed by atoms with E-state index in [1.165, 1.54) is 12.1 Å². The first-order valence-corrected chi connectivity index (χ1v) is 12.0. The predicted octanol–water partition coefficient (Wildman–Crippen LogP) is 4.77. The van der Waals surface area contributed by atoms with Crippen LogP contribution < -0.4 is 10.6 Å². The first-order chi connectivity index (χ1) is 19.0. The fourth-order valence-corrected chi connectivity index (χ4v) is 4.49. The van der Waals surface area contributed by atoms with Crippen LogP contribution in [0.2, 0.25) is 0 Å². The third kappa shape index (κ3) is 4.62. The number of aliphatic imine (C=N–C) groups is 1. The number of para-hydroxylation sites is 2. The van der Waals surface area contributed by atoms with Crippen LogP contribution in [0.3, 0.4) is 0 Å². The van der Waals surface area contributed by atoms with E-state index in [4.69, 9.17) is 4.99 Å². The molecular formula is C29H20N6O4. The maximum Gasteiger partial charge on any atom is 0.335 e. The zero-order chi connectivity index (χ0) is 26.9. The lowest BCUT2D eigenvalue weighted by Gasteiger charge is -2.14. The van der Waals surface area contributed by atoms with Gasteiger partial charge in [-0.2, -0.15) is 0 Å². The van der Waals surface area contributed by atoms with Gasteiger partial charge in [-0.05, 0) is 60.2 Å². The number of benzene rings is 3. The Morgan fingerprint density at radius 2 is 1.77 bits per heavy atom. The molecule has 1 aliphatic rings. The number of carboxylic acids is 1. The second-order valence-corrected chi connectivity index (χ2v) is 8.87. The first-order valence-electron chi connectivity index (χ1n) is 12.0. The Kier molecular flexibility index (Phi) is 5.89. The van der Waals surface area contributed by atoms with Gasteiger partial charge in [-0.15, -0.1) is 0 Å². The van der Waals surface area contributed by atoms with Gasteiger partial charge in [0, 0.05) is 29.3 Å². The lowest BCUT2D eigenvalue weighted by molar-refractivity contribution is -0.115. The third-order valence-electron chi connectivity index (χ3n) is 6.34. The SMILES string of the molecule is O=C(O)c1ccc(N=C(c2cccnc2)C2C(=O)Nc3cc(NC(=O)c4nc5ccccc5[nH]4)ccc32)cc1. The summed E-state index contributed by atoms with van der Waals surface area (Å²) in [6, 6.07) is 22.2. The third-order valence-corrected chi connectivity index (χ3v) is 6.34. The zero-order valence-electron chi connectivity index (χ0n) is 20.3. The van der Waals surface area contributed by atoms with Crippen LogP contribution in [-0.2, 0) is 4.79 Å². The Balaban J connectivity index is 1.32. The molecule has 1 unspecified atom stereocenters. The second kappa shape index (κ2) is 9.67. The van der Waals surface area contributed by atoms with Crippen LogP contribution in [0.1, 0.15) is 38.0 Å². The summed E-state index contributed by atoms with van der Waals surface area (Å²) in [6.45, 7) is 0. The molecule has 0 bridgehead atoms. The molecule has 3 aromatic carbocycles. The number of nitrogens with one attached hydrogen (secondary N) is 3. The van der Waals surface area contributed by atoms with Gasteiger partial charge < -0.3 is 20.7 Å². The van der Waals surface area contributed by atoms with Crippen LogP contribution in [0, 0.1) is 0 Å². The lowest BCUT2D eigenvalue weighted by atomic mass is 9.91. The fraction of sp³-hybridized carbons (Fsp3) is 0.0345. The molecule has 2 amide bonds. The number of aromatic amines is 1. The van der Waals surface area contributed by atoms with Crippen molar-refractivity contribution in [1.29, 1.82) is 0 Å². The molecule has 0 saturated heterocycles. The Morgan fingerprint density at radius 3 is 2.51 bits per heavy atom. The molecule has 190 valence electrons. The molecule has 4 N–H and O–H groups in total. The Morgan fingerprint density at radius 1 is 0.949 bits per heavy atom. The number of aromatic nitrogens is 3. The van der Waals surface area contributed by atoms with Crippen molar-refractivity contribution < 1.29 is 19.5 Å². The quantitative estimate of drug-likeness (QED) is 0.239. The molecule has 5 aromatic rings. The highest BCUT2D eigenvalue weighted by Gasteiger charge is 2.36. The average Bonchev–Trinajstić information content (AvgIpc) is 3.53. The van der Waals surface area contributed by atoms with E-state index >= 15 is 0 Å². The largest absolute Gasteiger partial charge is 0.478 e. The molecule has 0 saturated carbocycles. The van der Waals surface area contributed by atoms with Crippen molar-refractivity contribution in [2.45, 2.75) is 5.92 Å². The molecule has 10 heteroatoms. The Bertz CT molecular complexity index is 1740. The van der Waals surface area contributed by atoms with Crippen molar-refractivity contribution in [2.24, 2.45) is 4.99 Å². The number of hydrogen-bond donors (Lipinski definition) is 4. The Labute approximate surface area is 221 Å². The maximum absolute atomic E-state index is 13.2. The van der Waals surface area contributed by atoms with Gasteiger partial charge in [0.2, 0.25) is 5.91 Å². The molecule has 1 aliphatic heterocycles. The van der Waals surface area contributed by atoms with Crippen molar-refractivity contribution in [3.63, 3.8) is 0 Å². The summed E-state index contributed by atoms with van der Waals surface area (Å²) in [5, 5.41) is 14.9.